The van der Waals surface area contributed by atoms with E-state index in [1.54, 1.807) is 7.11 Å². The zero-order chi connectivity index (χ0) is 14.8. The van der Waals surface area contributed by atoms with Gasteiger partial charge in [0.25, 0.3) is 0 Å². The molecule has 1 aliphatic carbocycles. The largest absolute Gasteiger partial charge is 0.390 e. The number of rotatable bonds is 5. The predicted octanol–water partition coefficient (Wildman–Crippen LogP) is 3.23. The van der Waals surface area contributed by atoms with Gasteiger partial charge in [0.1, 0.15) is 0 Å². The maximum atomic E-state index is 10.7. The molecule has 1 atom stereocenters. The van der Waals surface area contributed by atoms with E-state index in [1.807, 2.05) is 11.6 Å². The van der Waals surface area contributed by atoms with E-state index in [4.69, 9.17) is 4.74 Å². The number of aliphatic hydroxyl groups excluding tert-OH is 1. The molecule has 1 aromatic heterocycles. The molecule has 1 fully saturated rings. The summed E-state index contributed by atoms with van der Waals surface area (Å²) in [6, 6.07) is 0. The molecule has 0 amide bonds. The fourth-order valence-corrected chi connectivity index (χ4v) is 3.70. The Morgan fingerprint density at radius 1 is 1.40 bits per heavy atom. The molecule has 5 heteroatoms. The van der Waals surface area contributed by atoms with Gasteiger partial charge in [-0.25, -0.2) is 0 Å². The lowest BCUT2D eigenvalue weighted by atomic mass is 9.79. The molecule has 0 aliphatic heterocycles. The SMILES string of the molecule is CCn1nc(C)c(Br)c1CC(O)C1(OC)CCCCC1. The fourth-order valence-electron chi connectivity index (χ4n) is 3.26. The third-order valence-corrected chi connectivity index (χ3v) is 5.58. The molecule has 0 bridgehead atoms. The number of aliphatic hydroxyl groups is 1. The van der Waals surface area contributed by atoms with Gasteiger partial charge < -0.3 is 9.84 Å². The van der Waals surface area contributed by atoms with Crippen LogP contribution in [0.5, 0.6) is 0 Å². The Labute approximate surface area is 129 Å². The molecule has 1 unspecified atom stereocenters. The zero-order valence-corrected chi connectivity index (χ0v) is 14.2. The summed E-state index contributed by atoms with van der Waals surface area (Å²) >= 11 is 3.60. The molecular formula is C15H25BrN2O2. The van der Waals surface area contributed by atoms with E-state index in [2.05, 4.69) is 28.0 Å². The topological polar surface area (TPSA) is 47.3 Å². The number of halogens is 1. The van der Waals surface area contributed by atoms with Crippen molar-refractivity contribution >= 4 is 15.9 Å². The van der Waals surface area contributed by atoms with Crippen molar-refractivity contribution in [2.75, 3.05) is 7.11 Å². The quantitative estimate of drug-likeness (QED) is 0.891. The third-order valence-electron chi connectivity index (χ3n) is 4.55. The summed E-state index contributed by atoms with van der Waals surface area (Å²) in [5.41, 5.74) is 1.66. The number of hydrogen-bond acceptors (Lipinski definition) is 3. The molecule has 114 valence electrons. The van der Waals surface area contributed by atoms with Crippen LogP contribution in [0.4, 0.5) is 0 Å². The fraction of sp³-hybridized carbons (Fsp3) is 0.800. The number of aryl methyl sites for hydroxylation is 2. The predicted molar refractivity (Wildman–Crippen MR) is 82.9 cm³/mol. The maximum Gasteiger partial charge on any atom is 0.0940 e. The molecule has 1 N–H and O–H groups in total. The molecule has 0 aromatic carbocycles. The van der Waals surface area contributed by atoms with Crippen LogP contribution in [0.2, 0.25) is 0 Å². The van der Waals surface area contributed by atoms with Crippen molar-refractivity contribution in [3.8, 4) is 0 Å². The molecule has 2 rings (SSSR count). The van der Waals surface area contributed by atoms with Gasteiger partial charge in [-0.3, -0.25) is 4.68 Å². The van der Waals surface area contributed by atoms with E-state index < -0.39 is 6.10 Å². The smallest absolute Gasteiger partial charge is 0.0940 e. The van der Waals surface area contributed by atoms with Crippen LogP contribution in [0.1, 0.15) is 50.4 Å². The summed E-state index contributed by atoms with van der Waals surface area (Å²) in [4.78, 5) is 0. The second kappa shape index (κ2) is 6.58. The van der Waals surface area contributed by atoms with Crippen LogP contribution in [0.15, 0.2) is 4.47 Å². The number of methoxy groups -OCH3 is 1. The van der Waals surface area contributed by atoms with E-state index in [9.17, 15) is 5.11 Å². The Kier molecular flexibility index (Phi) is 5.26. The maximum absolute atomic E-state index is 10.7. The molecule has 1 heterocycles. The van der Waals surface area contributed by atoms with Crippen LogP contribution in [0.25, 0.3) is 0 Å². The van der Waals surface area contributed by atoms with Crippen LogP contribution in [-0.4, -0.2) is 33.7 Å². The Morgan fingerprint density at radius 2 is 2.05 bits per heavy atom. The number of ether oxygens (including phenoxy) is 1. The van der Waals surface area contributed by atoms with Gasteiger partial charge in [-0.2, -0.15) is 5.10 Å². The molecular weight excluding hydrogens is 320 g/mol. The molecule has 1 aliphatic rings. The average molecular weight is 345 g/mol. The van der Waals surface area contributed by atoms with Crippen molar-refractivity contribution in [2.45, 2.75) is 70.6 Å². The first kappa shape index (κ1) is 16.0. The lowest BCUT2D eigenvalue weighted by Gasteiger charge is -2.40. The zero-order valence-electron chi connectivity index (χ0n) is 12.7. The highest BCUT2D eigenvalue weighted by atomic mass is 79.9. The van der Waals surface area contributed by atoms with Gasteiger partial charge in [0.15, 0.2) is 0 Å². The minimum absolute atomic E-state index is 0.381. The van der Waals surface area contributed by atoms with E-state index in [1.165, 1.54) is 6.42 Å². The second-order valence-electron chi connectivity index (χ2n) is 5.71. The van der Waals surface area contributed by atoms with Crippen LogP contribution < -0.4 is 0 Å². The first-order chi connectivity index (χ1) is 9.54. The van der Waals surface area contributed by atoms with Crippen molar-refractivity contribution in [3.63, 3.8) is 0 Å². The molecule has 0 saturated heterocycles. The van der Waals surface area contributed by atoms with Gasteiger partial charge in [-0.05, 0) is 42.6 Å². The first-order valence-corrected chi connectivity index (χ1v) is 8.28. The number of hydrogen-bond donors (Lipinski definition) is 1. The average Bonchev–Trinajstić information content (AvgIpc) is 2.75. The van der Waals surface area contributed by atoms with Gasteiger partial charge in [0.2, 0.25) is 0 Å². The highest BCUT2D eigenvalue weighted by Gasteiger charge is 2.39. The normalized spacial score (nSPS) is 20.1. The van der Waals surface area contributed by atoms with Gasteiger partial charge in [0, 0.05) is 20.1 Å². The number of aromatic nitrogens is 2. The van der Waals surface area contributed by atoms with Gasteiger partial charge >= 0.3 is 0 Å². The van der Waals surface area contributed by atoms with Gasteiger partial charge in [-0.1, -0.05) is 19.3 Å². The van der Waals surface area contributed by atoms with Crippen LogP contribution >= 0.6 is 15.9 Å². The molecule has 0 spiro atoms. The second-order valence-corrected chi connectivity index (χ2v) is 6.50. The first-order valence-electron chi connectivity index (χ1n) is 7.49. The van der Waals surface area contributed by atoms with Crippen LogP contribution in [0, 0.1) is 6.92 Å². The Hall–Kier alpha value is -0.390. The van der Waals surface area contributed by atoms with Crippen molar-refractivity contribution < 1.29 is 9.84 Å². The minimum Gasteiger partial charge on any atom is -0.390 e. The molecule has 20 heavy (non-hydrogen) atoms. The van der Waals surface area contributed by atoms with Crippen LogP contribution in [0.3, 0.4) is 0 Å². The number of nitrogens with zero attached hydrogens (tertiary/aromatic N) is 2. The van der Waals surface area contributed by atoms with E-state index in [0.29, 0.717) is 6.42 Å². The van der Waals surface area contributed by atoms with E-state index in [-0.39, 0.29) is 5.60 Å². The summed E-state index contributed by atoms with van der Waals surface area (Å²) < 4.78 is 8.72. The highest BCUT2D eigenvalue weighted by molar-refractivity contribution is 9.10. The Balaban J connectivity index is 2.20. The van der Waals surface area contributed by atoms with Crippen LogP contribution in [-0.2, 0) is 17.7 Å². The summed E-state index contributed by atoms with van der Waals surface area (Å²) in [6.07, 6.45) is 5.51. The third kappa shape index (κ3) is 2.95. The van der Waals surface area contributed by atoms with Crippen molar-refractivity contribution in [2.24, 2.45) is 0 Å². The summed E-state index contributed by atoms with van der Waals surface area (Å²) in [5.74, 6) is 0. The Bertz CT molecular complexity index is 453. The molecule has 0 radical (unpaired) electrons. The lowest BCUT2D eigenvalue weighted by molar-refractivity contribution is -0.122. The van der Waals surface area contributed by atoms with Gasteiger partial charge in [-0.15, -0.1) is 0 Å². The molecule has 1 saturated carbocycles. The lowest BCUT2D eigenvalue weighted by Crippen LogP contribution is -2.47. The van der Waals surface area contributed by atoms with E-state index in [0.717, 1.165) is 48.1 Å². The summed E-state index contributed by atoms with van der Waals surface area (Å²) in [5, 5.41) is 15.2. The molecule has 1 aromatic rings. The molecule has 4 nitrogen and oxygen atoms in total. The minimum atomic E-state index is -0.481. The van der Waals surface area contributed by atoms with Gasteiger partial charge in [0.05, 0.1) is 27.6 Å². The van der Waals surface area contributed by atoms with Crippen molar-refractivity contribution in [1.29, 1.82) is 0 Å². The standard InChI is InChI=1S/C15H25BrN2O2/c1-4-18-12(14(16)11(2)17-18)10-13(19)15(20-3)8-6-5-7-9-15/h13,19H,4-10H2,1-3H3. The van der Waals surface area contributed by atoms with Crippen molar-refractivity contribution in [3.05, 3.63) is 15.9 Å². The van der Waals surface area contributed by atoms with Crippen molar-refractivity contribution in [1.82, 2.24) is 9.78 Å². The Morgan fingerprint density at radius 3 is 2.60 bits per heavy atom. The summed E-state index contributed by atoms with van der Waals surface area (Å²) in [6.45, 7) is 4.87. The summed E-state index contributed by atoms with van der Waals surface area (Å²) in [7, 11) is 1.73. The monoisotopic (exact) mass is 344 g/mol. The van der Waals surface area contributed by atoms with E-state index >= 15 is 0 Å². The highest BCUT2D eigenvalue weighted by Crippen LogP contribution is 2.36.